The summed E-state index contributed by atoms with van der Waals surface area (Å²) in [7, 11) is 0. The molecule has 100 valence electrons. The molecule has 2 aromatic carbocycles. The molecule has 0 amide bonds. The molecule has 0 aliphatic rings. The molecule has 2 heteroatoms. The highest BCUT2D eigenvalue weighted by Crippen LogP contribution is 2.29. The van der Waals surface area contributed by atoms with E-state index in [-0.39, 0.29) is 0 Å². The van der Waals surface area contributed by atoms with Crippen LogP contribution < -0.4 is 4.74 Å². The number of halogens is 1. The summed E-state index contributed by atoms with van der Waals surface area (Å²) in [6.07, 6.45) is 3.62. The van der Waals surface area contributed by atoms with E-state index in [4.69, 9.17) is 4.74 Å². The van der Waals surface area contributed by atoms with Crippen LogP contribution in [0.3, 0.4) is 0 Å². The van der Waals surface area contributed by atoms with Gasteiger partial charge in [0.05, 0.1) is 0 Å². The summed E-state index contributed by atoms with van der Waals surface area (Å²) in [5.74, 6) is 1.79. The number of aryl methyl sites for hydroxylation is 1. The molecule has 0 aliphatic heterocycles. The van der Waals surface area contributed by atoms with Crippen molar-refractivity contribution in [3.05, 3.63) is 58.1 Å². The van der Waals surface area contributed by atoms with Gasteiger partial charge in [0.25, 0.3) is 0 Å². The molecule has 0 fully saturated rings. The van der Waals surface area contributed by atoms with Crippen LogP contribution in [0.4, 0.5) is 0 Å². The van der Waals surface area contributed by atoms with Gasteiger partial charge in [-0.05, 0) is 49.6 Å². The zero-order valence-corrected chi connectivity index (χ0v) is 13.0. The first kappa shape index (κ1) is 14.1. The molecule has 0 radical (unpaired) electrons. The second kappa shape index (κ2) is 6.76. The highest BCUT2D eigenvalue weighted by Gasteiger charge is 2.04. The van der Waals surface area contributed by atoms with Crippen LogP contribution in [0.1, 0.15) is 30.9 Å². The van der Waals surface area contributed by atoms with Crippen LogP contribution in [0.5, 0.6) is 11.5 Å². The summed E-state index contributed by atoms with van der Waals surface area (Å²) in [4.78, 5) is 0. The maximum absolute atomic E-state index is 5.92. The Hall–Kier alpha value is -1.28. The topological polar surface area (TPSA) is 9.23 Å². The summed E-state index contributed by atoms with van der Waals surface area (Å²) >= 11 is 3.52. The standard InChI is InChI=1S/C17H19BrO/c1-3-4-6-14-9-11-15(12-10-14)19-17-8-5-7-16(18)13(17)2/h5,7-12H,3-4,6H2,1-2H3. The summed E-state index contributed by atoms with van der Waals surface area (Å²) in [5, 5.41) is 0. The normalized spacial score (nSPS) is 10.5. The molecule has 0 spiro atoms. The fraction of sp³-hybridized carbons (Fsp3) is 0.294. The van der Waals surface area contributed by atoms with E-state index in [9.17, 15) is 0 Å². The van der Waals surface area contributed by atoms with Crippen molar-refractivity contribution >= 4 is 15.9 Å². The van der Waals surface area contributed by atoms with Crippen LogP contribution in [0.2, 0.25) is 0 Å². The molecule has 0 saturated heterocycles. The Bertz CT molecular complexity index is 531. The number of benzene rings is 2. The van der Waals surface area contributed by atoms with Gasteiger partial charge < -0.3 is 4.74 Å². The van der Waals surface area contributed by atoms with Crippen molar-refractivity contribution in [3.8, 4) is 11.5 Å². The van der Waals surface area contributed by atoms with Gasteiger partial charge in [-0.1, -0.05) is 47.5 Å². The number of hydrogen-bond donors (Lipinski definition) is 0. The van der Waals surface area contributed by atoms with Gasteiger partial charge in [-0.15, -0.1) is 0 Å². The molecule has 0 saturated carbocycles. The number of hydrogen-bond acceptors (Lipinski definition) is 1. The fourth-order valence-electron chi connectivity index (χ4n) is 1.93. The van der Waals surface area contributed by atoms with Gasteiger partial charge in [0.2, 0.25) is 0 Å². The summed E-state index contributed by atoms with van der Waals surface area (Å²) in [6, 6.07) is 14.4. The lowest BCUT2D eigenvalue weighted by Gasteiger charge is -2.10. The molecular weight excluding hydrogens is 300 g/mol. The molecule has 2 rings (SSSR count). The largest absolute Gasteiger partial charge is 0.457 e. The Morgan fingerprint density at radius 2 is 1.79 bits per heavy atom. The number of ether oxygens (including phenoxy) is 1. The van der Waals surface area contributed by atoms with E-state index in [1.54, 1.807) is 0 Å². The van der Waals surface area contributed by atoms with E-state index in [1.165, 1.54) is 18.4 Å². The Morgan fingerprint density at radius 3 is 2.47 bits per heavy atom. The summed E-state index contributed by atoms with van der Waals surface area (Å²) < 4.78 is 6.99. The minimum Gasteiger partial charge on any atom is -0.457 e. The van der Waals surface area contributed by atoms with Crippen LogP contribution in [-0.4, -0.2) is 0 Å². The Kier molecular flexibility index (Phi) is 5.03. The molecule has 1 nitrogen and oxygen atoms in total. The third-order valence-corrected chi connectivity index (χ3v) is 4.05. The lowest BCUT2D eigenvalue weighted by atomic mass is 10.1. The molecule has 0 bridgehead atoms. The summed E-state index contributed by atoms with van der Waals surface area (Å²) in [5.41, 5.74) is 2.50. The second-order valence-corrected chi connectivity index (χ2v) is 5.57. The Morgan fingerprint density at radius 1 is 1.05 bits per heavy atom. The van der Waals surface area contributed by atoms with E-state index in [0.717, 1.165) is 28.0 Å². The van der Waals surface area contributed by atoms with Crippen LogP contribution in [0.25, 0.3) is 0 Å². The molecule has 2 aromatic rings. The average Bonchev–Trinajstić information content (AvgIpc) is 2.43. The van der Waals surface area contributed by atoms with Crippen LogP contribution >= 0.6 is 15.9 Å². The minimum absolute atomic E-state index is 0.890. The lowest BCUT2D eigenvalue weighted by Crippen LogP contribution is -1.89. The zero-order valence-electron chi connectivity index (χ0n) is 11.4. The van der Waals surface area contributed by atoms with Gasteiger partial charge in [0.1, 0.15) is 11.5 Å². The Labute approximate surface area is 123 Å². The van der Waals surface area contributed by atoms with E-state index >= 15 is 0 Å². The first-order valence-electron chi connectivity index (χ1n) is 6.72. The second-order valence-electron chi connectivity index (χ2n) is 4.71. The molecule has 0 aromatic heterocycles. The maximum Gasteiger partial charge on any atom is 0.131 e. The van der Waals surface area contributed by atoms with E-state index in [0.29, 0.717) is 0 Å². The first-order chi connectivity index (χ1) is 9.20. The minimum atomic E-state index is 0.890. The monoisotopic (exact) mass is 318 g/mol. The van der Waals surface area contributed by atoms with Gasteiger partial charge in [0.15, 0.2) is 0 Å². The zero-order chi connectivity index (χ0) is 13.7. The highest BCUT2D eigenvalue weighted by molar-refractivity contribution is 9.10. The van der Waals surface area contributed by atoms with E-state index in [1.807, 2.05) is 30.3 Å². The lowest BCUT2D eigenvalue weighted by molar-refractivity contribution is 0.478. The van der Waals surface area contributed by atoms with Crippen molar-refractivity contribution < 1.29 is 4.74 Å². The highest BCUT2D eigenvalue weighted by atomic mass is 79.9. The van der Waals surface area contributed by atoms with Crippen molar-refractivity contribution in [2.24, 2.45) is 0 Å². The summed E-state index contributed by atoms with van der Waals surface area (Å²) in [6.45, 7) is 4.27. The van der Waals surface area contributed by atoms with Gasteiger partial charge in [-0.25, -0.2) is 0 Å². The van der Waals surface area contributed by atoms with Gasteiger partial charge >= 0.3 is 0 Å². The van der Waals surface area contributed by atoms with Gasteiger partial charge in [0, 0.05) is 10.0 Å². The molecule has 0 N–H and O–H groups in total. The van der Waals surface area contributed by atoms with Gasteiger partial charge in [-0.3, -0.25) is 0 Å². The van der Waals surface area contributed by atoms with Crippen LogP contribution in [0, 0.1) is 6.92 Å². The number of rotatable bonds is 5. The third-order valence-electron chi connectivity index (χ3n) is 3.19. The number of unbranched alkanes of at least 4 members (excludes halogenated alkanes) is 1. The van der Waals surface area contributed by atoms with Crippen LogP contribution in [-0.2, 0) is 6.42 Å². The van der Waals surface area contributed by atoms with Crippen molar-refractivity contribution in [3.63, 3.8) is 0 Å². The molecule has 0 unspecified atom stereocenters. The predicted molar refractivity (Wildman–Crippen MR) is 84.0 cm³/mol. The molecule has 0 atom stereocenters. The maximum atomic E-state index is 5.92. The van der Waals surface area contributed by atoms with Crippen molar-refractivity contribution in [2.45, 2.75) is 33.1 Å². The molecule has 0 heterocycles. The average molecular weight is 319 g/mol. The predicted octanol–water partition coefficient (Wildman–Crippen LogP) is 5.89. The molecule has 0 aliphatic carbocycles. The van der Waals surface area contributed by atoms with Crippen molar-refractivity contribution in [1.29, 1.82) is 0 Å². The van der Waals surface area contributed by atoms with E-state index in [2.05, 4.69) is 41.9 Å². The Balaban J connectivity index is 2.09. The van der Waals surface area contributed by atoms with E-state index < -0.39 is 0 Å². The quantitative estimate of drug-likeness (QED) is 0.667. The van der Waals surface area contributed by atoms with Crippen molar-refractivity contribution in [1.82, 2.24) is 0 Å². The van der Waals surface area contributed by atoms with Gasteiger partial charge in [-0.2, -0.15) is 0 Å². The van der Waals surface area contributed by atoms with Crippen molar-refractivity contribution in [2.75, 3.05) is 0 Å². The third kappa shape index (κ3) is 3.84. The molecule has 19 heavy (non-hydrogen) atoms. The first-order valence-corrected chi connectivity index (χ1v) is 7.52. The molecular formula is C17H19BrO. The van der Waals surface area contributed by atoms with Crippen LogP contribution in [0.15, 0.2) is 46.9 Å². The smallest absolute Gasteiger partial charge is 0.131 e. The fourth-order valence-corrected chi connectivity index (χ4v) is 2.28. The SMILES string of the molecule is CCCCc1ccc(Oc2cccc(Br)c2C)cc1.